The smallest absolute Gasteiger partial charge is 0.196 e. The molecule has 4 aromatic rings. The quantitative estimate of drug-likeness (QED) is 0.373. The fourth-order valence-electron chi connectivity index (χ4n) is 4.09. The molecule has 2 aromatic carbocycles. The Morgan fingerprint density at radius 3 is 2.64 bits per heavy atom. The molecule has 33 heavy (non-hydrogen) atoms. The maximum Gasteiger partial charge on any atom is 0.196 e. The number of nitrogens with zero attached hydrogens (tertiary/aromatic N) is 2. The molecule has 0 fully saturated rings. The average molecular weight is 441 g/mol. The van der Waals surface area contributed by atoms with Gasteiger partial charge in [-0.1, -0.05) is 36.4 Å². The van der Waals surface area contributed by atoms with E-state index in [1.54, 1.807) is 6.20 Å². The van der Waals surface area contributed by atoms with E-state index in [0.717, 1.165) is 22.4 Å². The molecule has 1 aliphatic heterocycles. The van der Waals surface area contributed by atoms with Gasteiger partial charge in [0, 0.05) is 22.9 Å². The van der Waals surface area contributed by atoms with Gasteiger partial charge in [0.05, 0.1) is 17.1 Å². The maximum atomic E-state index is 13.3. The Morgan fingerprint density at radius 1 is 1.06 bits per heavy atom. The predicted molar refractivity (Wildman–Crippen MR) is 130 cm³/mol. The zero-order valence-electron chi connectivity index (χ0n) is 18.6. The second-order valence-corrected chi connectivity index (χ2v) is 8.07. The van der Waals surface area contributed by atoms with Crippen molar-refractivity contribution in [1.29, 1.82) is 0 Å². The van der Waals surface area contributed by atoms with Crippen LogP contribution < -0.4 is 27.2 Å². The van der Waals surface area contributed by atoms with Crippen LogP contribution in [0.15, 0.2) is 75.1 Å². The molecule has 0 amide bonds. The first-order chi connectivity index (χ1) is 16.0. The van der Waals surface area contributed by atoms with Crippen molar-refractivity contribution in [2.24, 2.45) is 5.10 Å². The number of hydrogen-bond acceptors (Lipinski definition) is 8. The summed E-state index contributed by atoms with van der Waals surface area (Å²) in [5.41, 5.74) is 13.7. The van der Waals surface area contributed by atoms with Crippen molar-refractivity contribution in [3.8, 4) is 11.3 Å². The highest BCUT2D eigenvalue weighted by Crippen LogP contribution is 2.32. The third kappa shape index (κ3) is 3.81. The number of rotatable bonds is 5. The van der Waals surface area contributed by atoms with Crippen molar-refractivity contribution in [1.82, 2.24) is 21.5 Å². The molecular formula is C25H24N6O2. The van der Waals surface area contributed by atoms with Gasteiger partial charge >= 0.3 is 0 Å². The van der Waals surface area contributed by atoms with Gasteiger partial charge in [0.2, 0.25) is 0 Å². The summed E-state index contributed by atoms with van der Waals surface area (Å²) in [6, 6.07) is 17.3. The minimum Gasteiger partial charge on any atom is -0.455 e. The average Bonchev–Trinajstić information content (AvgIpc) is 3.37. The largest absolute Gasteiger partial charge is 0.455 e. The van der Waals surface area contributed by atoms with E-state index in [0.29, 0.717) is 33.8 Å². The lowest BCUT2D eigenvalue weighted by molar-refractivity contribution is 0.577. The molecule has 1 atom stereocenters. The number of hydrogen-bond donors (Lipinski definition) is 4. The van der Waals surface area contributed by atoms with E-state index in [2.05, 4.69) is 38.0 Å². The summed E-state index contributed by atoms with van der Waals surface area (Å²) in [6.45, 7) is 5.84. The van der Waals surface area contributed by atoms with Crippen LogP contribution in [0, 0.1) is 13.8 Å². The Morgan fingerprint density at radius 2 is 1.88 bits per heavy atom. The van der Waals surface area contributed by atoms with E-state index in [4.69, 9.17) is 4.42 Å². The van der Waals surface area contributed by atoms with Gasteiger partial charge in [-0.25, -0.2) is 5.53 Å². The Balaban J connectivity index is 1.63. The van der Waals surface area contributed by atoms with Gasteiger partial charge in [0.25, 0.3) is 0 Å². The van der Waals surface area contributed by atoms with Crippen LogP contribution in [0.4, 0.5) is 5.69 Å². The molecule has 2 aromatic heterocycles. The zero-order valence-corrected chi connectivity index (χ0v) is 18.6. The van der Waals surface area contributed by atoms with E-state index >= 15 is 0 Å². The van der Waals surface area contributed by atoms with Crippen LogP contribution in [-0.4, -0.2) is 10.8 Å². The molecule has 0 saturated carbocycles. The number of nitrogens with one attached hydrogen (secondary N) is 4. The highest BCUT2D eigenvalue weighted by Gasteiger charge is 2.21. The lowest BCUT2D eigenvalue weighted by Crippen LogP contribution is -2.35. The topological polar surface area (TPSA) is 104 Å². The van der Waals surface area contributed by atoms with E-state index < -0.39 is 0 Å². The van der Waals surface area contributed by atoms with Gasteiger partial charge in [-0.3, -0.25) is 15.2 Å². The van der Waals surface area contributed by atoms with Crippen LogP contribution in [0.5, 0.6) is 0 Å². The predicted octanol–water partition coefficient (Wildman–Crippen LogP) is 3.92. The van der Waals surface area contributed by atoms with Crippen LogP contribution in [-0.2, 0) is 0 Å². The highest BCUT2D eigenvalue weighted by molar-refractivity contribution is 6.01. The van der Waals surface area contributed by atoms with Crippen molar-refractivity contribution in [3.63, 3.8) is 0 Å². The van der Waals surface area contributed by atoms with Crippen LogP contribution in [0.3, 0.4) is 0 Å². The zero-order chi connectivity index (χ0) is 22.9. The molecule has 0 bridgehead atoms. The molecule has 8 heteroatoms. The maximum absolute atomic E-state index is 13.3. The number of hydrazone groups is 1. The third-order valence-electron chi connectivity index (χ3n) is 5.70. The molecule has 5 rings (SSSR count). The molecule has 0 saturated heterocycles. The molecule has 0 aliphatic carbocycles. The Kier molecular flexibility index (Phi) is 5.27. The Labute approximate surface area is 190 Å². The number of aryl methyl sites for hydroxylation is 1. The first-order valence-electron chi connectivity index (χ1n) is 10.7. The second-order valence-electron chi connectivity index (χ2n) is 8.07. The number of pyridine rings is 1. The van der Waals surface area contributed by atoms with E-state index in [1.807, 2.05) is 69.3 Å². The van der Waals surface area contributed by atoms with Crippen LogP contribution in [0.2, 0.25) is 0 Å². The lowest BCUT2D eigenvalue weighted by atomic mass is 9.98. The summed E-state index contributed by atoms with van der Waals surface area (Å²) in [5, 5.41) is 8.26. The van der Waals surface area contributed by atoms with Gasteiger partial charge in [0.15, 0.2) is 11.3 Å². The van der Waals surface area contributed by atoms with Crippen molar-refractivity contribution in [3.05, 3.63) is 93.4 Å². The minimum absolute atomic E-state index is 0.0176. The van der Waals surface area contributed by atoms with Crippen molar-refractivity contribution in [2.45, 2.75) is 26.8 Å². The van der Waals surface area contributed by atoms with E-state index in [9.17, 15) is 4.79 Å². The fraction of sp³-hybridized carbons (Fsp3) is 0.160. The van der Waals surface area contributed by atoms with Crippen molar-refractivity contribution < 1.29 is 4.42 Å². The van der Waals surface area contributed by atoms with Gasteiger partial charge in [-0.2, -0.15) is 0 Å². The molecule has 3 heterocycles. The van der Waals surface area contributed by atoms with Gasteiger partial charge < -0.3 is 9.73 Å². The SMILES string of the molecule is Cc1cc([C@@H](C)Nc2cccnc2C2=NNNN2)c2oc(-c3ccccc3)c(C)c(=O)c2c1. The Bertz CT molecular complexity index is 1430. The first kappa shape index (κ1) is 20.7. The van der Waals surface area contributed by atoms with Crippen LogP contribution in [0.1, 0.15) is 35.3 Å². The summed E-state index contributed by atoms with van der Waals surface area (Å²) in [4.78, 5) is 17.8. The third-order valence-corrected chi connectivity index (χ3v) is 5.70. The van der Waals surface area contributed by atoms with Gasteiger partial charge in [-0.15, -0.1) is 10.6 Å². The number of aromatic nitrogens is 1. The monoisotopic (exact) mass is 440 g/mol. The molecule has 0 spiro atoms. The minimum atomic E-state index is -0.173. The first-order valence-corrected chi connectivity index (χ1v) is 10.7. The van der Waals surface area contributed by atoms with E-state index in [1.165, 1.54) is 0 Å². The second kappa shape index (κ2) is 8.40. The Hall–Kier alpha value is -4.17. The summed E-state index contributed by atoms with van der Waals surface area (Å²) >= 11 is 0. The van der Waals surface area contributed by atoms with Gasteiger partial charge in [0.1, 0.15) is 17.0 Å². The number of benzene rings is 2. The molecular weight excluding hydrogens is 416 g/mol. The van der Waals surface area contributed by atoms with Crippen molar-refractivity contribution in [2.75, 3.05) is 5.32 Å². The molecule has 4 N–H and O–H groups in total. The van der Waals surface area contributed by atoms with Crippen LogP contribution >= 0.6 is 0 Å². The number of anilines is 1. The number of hydrazine groups is 2. The van der Waals surface area contributed by atoms with Gasteiger partial charge in [-0.05, 0) is 44.5 Å². The number of fused-ring (bicyclic) bond motifs is 1. The summed E-state index contributed by atoms with van der Waals surface area (Å²) < 4.78 is 6.42. The van der Waals surface area contributed by atoms with E-state index in [-0.39, 0.29) is 11.5 Å². The van der Waals surface area contributed by atoms with Crippen LogP contribution in [0.25, 0.3) is 22.3 Å². The molecule has 1 aliphatic rings. The normalized spacial score (nSPS) is 13.8. The highest BCUT2D eigenvalue weighted by atomic mass is 16.3. The molecule has 0 unspecified atom stereocenters. The standard InChI is InChI=1S/C25H24N6O2/c1-14-12-18(16(3)27-20-10-7-11-26-21(20)25-28-30-31-29-25)24-19(13-14)22(32)15(2)23(33-24)17-8-5-4-6-9-17/h4-13,16,27,30-31H,1-3H3,(H,28,29)/t16-/m1/s1. The summed E-state index contributed by atoms with van der Waals surface area (Å²) in [7, 11) is 0. The summed E-state index contributed by atoms with van der Waals surface area (Å²) in [6.07, 6.45) is 1.71. The molecule has 166 valence electrons. The molecule has 8 nitrogen and oxygen atoms in total. The van der Waals surface area contributed by atoms with Crippen molar-refractivity contribution >= 4 is 22.5 Å². The summed E-state index contributed by atoms with van der Waals surface area (Å²) in [5.74, 6) is 1.17. The molecule has 0 radical (unpaired) electrons. The fourth-order valence-corrected chi connectivity index (χ4v) is 4.09. The lowest BCUT2D eigenvalue weighted by Gasteiger charge is -2.20. The number of amidine groups is 1.